The van der Waals surface area contributed by atoms with Crippen molar-refractivity contribution in [1.82, 2.24) is 18.8 Å². The smallest absolute Gasteiger partial charge is 0.211 e. The molecule has 19 heavy (non-hydrogen) atoms. The second kappa shape index (κ2) is 6.00. The van der Waals surface area contributed by atoms with Gasteiger partial charge in [0.2, 0.25) is 10.0 Å². The van der Waals surface area contributed by atoms with Crippen molar-refractivity contribution in [3.8, 4) is 0 Å². The van der Waals surface area contributed by atoms with E-state index in [4.69, 9.17) is 5.73 Å². The average Bonchev–Trinajstić information content (AvgIpc) is 2.77. The maximum atomic E-state index is 11.4. The number of hydrogen-bond donors (Lipinski definition) is 1. The SMILES string of the molecule is CS(=O)(=O)N1CCN(Cc2cn(CCN)cn2)CC1. The third-order valence-electron chi connectivity index (χ3n) is 3.26. The van der Waals surface area contributed by atoms with Gasteiger partial charge in [-0.3, -0.25) is 4.90 Å². The van der Waals surface area contributed by atoms with Gasteiger partial charge >= 0.3 is 0 Å². The fraction of sp³-hybridized carbons (Fsp3) is 0.727. The van der Waals surface area contributed by atoms with Gasteiger partial charge in [-0.05, 0) is 0 Å². The number of nitrogens with zero attached hydrogens (tertiary/aromatic N) is 4. The molecule has 108 valence electrons. The molecule has 1 fully saturated rings. The van der Waals surface area contributed by atoms with Crippen LogP contribution in [0.2, 0.25) is 0 Å². The summed E-state index contributed by atoms with van der Waals surface area (Å²) in [5.41, 5.74) is 6.49. The number of hydrogen-bond acceptors (Lipinski definition) is 5. The highest BCUT2D eigenvalue weighted by molar-refractivity contribution is 7.88. The number of imidazole rings is 1. The molecule has 0 atom stereocenters. The maximum absolute atomic E-state index is 11.4. The Hall–Kier alpha value is -0.960. The molecule has 1 aliphatic heterocycles. The van der Waals surface area contributed by atoms with Crippen LogP contribution in [0.5, 0.6) is 0 Å². The molecular weight excluding hydrogens is 266 g/mol. The van der Waals surface area contributed by atoms with Gasteiger partial charge in [-0.15, -0.1) is 0 Å². The summed E-state index contributed by atoms with van der Waals surface area (Å²) in [5, 5.41) is 0. The first kappa shape index (κ1) is 14.4. The Balaban J connectivity index is 1.85. The van der Waals surface area contributed by atoms with Gasteiger partial charge in [-0.25, -0.2) is 13.4 Å². The molecule has 0 bridgehead atoms. The summed E-state index contributed by atoms with van der Waals surface area (Å²) >= 11 is 0. The molecular formula is C11H21N5O2S. The minimum atomic E-state index is -3.05. The summed E-state index contributed by atoms with van der Waals surface area (Å²) in [6, 6.07) is 0. The monoisotopic (exact) mass is 287 g/mol. The second-order valence-corrected chi connectivity index (χ2v) is 6.81. The minimum Gasteiger partial charge on any atom is -0.336 e. The fourth-order valence-corrected chi connectivity index (χ4v) is 3.03. The molecule has 8 heteroatoms. The largest absolute Gasteiger partial charge is 0.336 e. The van der Waals surface area contributed by atoms with Gasteiger partial charge < -0.3 is 10.3 Å². The Bertz CT molecular complexity index is 505. The highest BCUT2D eigenvalue weighted by atomic mass is 32.2. The van der Waals surface area contributed by atoms with E-state index in [1.807, 2.05) is 10.8 Å². The molecule has 1 aromatic rings. The van der Waals surface area contributed by atoms with E-state index in [9.17, 15) is 8.42 Å². The van der Waals surface area contributed by atoms with Crippen LogP contribution in [-0.2, 0) is 23.1 Å². The van der Waals surface area contributed by atoms with Crippen LogP contribution in [0.4, 0.5) is 0 Å². The zero-order valence-corrected chi connectivity index (χ0v) is 12.0. The Kier molecular flexibility index (Phi) is 4.56. The normalized spacial score (nSPS) is 18.8. The maximum Gasteiger partial charge on any atom is 0.211 e. The van der Waals surface area contributed by atoms with E-state index in [0.717, 1.165) is 31.9 Å². The molecule has 1 aromatic heterocycles. The number of piperazine rings is 1. The molecule has 0 amide bonds. The number of sulfonamides is 1. The Morgan fingerprint density at radius 1 is 1.32 bits per heavy atom. The van der Waals surface area contributed by atoms with Crippen molar-refractivity contribution in [3.63, 3.8) is 0 Å². The van der Waals surface area contributed by atoms with Gasteiger partial charge in [0.15, 0.2) is 0 Å². The molecule has 1 aliphatic rings. The van der Waals surface area contributed by atoms with E-state index in [1.165, 1.54) is 10.6 Å². The molecule has 2 N–H and O–H groups in total. The fourth-order valence-electron chi connectivity index (χ4n) is 2.21. The van der Waals surface area contributed by atoms with E-state index < -0.39 is 10.0 Å². The number of rotatable bonds is 5. The van der Waals surface area contributed by atoms with E-state index in [2.05, 4.69) is 9.88 Å². The van der Waals surface area contributed by atoms with Crippen LogP contribution in [-0.4, -0.2) is 66.2 Å². The van der Waals surface area contributed by atoms with Crippen molar-refractivity contribution in [3.05, 3.63) is 18.2 Å². The summed E-state index contributed by atoms with van der Waals surface area (Å²) in [4.78, 5) is 6.55. The first-order chi connectivity index (χ1) is 8.99. The predicted molar refractivity (Wildman–Crippen MR) is 73.0 cm³/mol. The van der Waals surface area contributed by atoms with Crippen molar-refractivity contribution in [1.29, 1.82) is 0 Å². The Labute approximate surface area is 114 Å². The summed E-state index contributed by atoms with van der Waals surface area (Å²) in [6.07, 6.45) is 5.04. The average molecular weight is 287 g/mol. The third kappa shape index (κ3) is 4.00. The summed E-state index contributed by atoms with van der Waals surface area (Å²) in [6.45, 7) is 4.74. The number of nitrogens with two attached hydrogens (primary N) is 1. The van der Waals surface area contributed by atoms with Crippen molar-refractivity contribution in [2.24, 2.45) is 5.73 Å². The Morgan fingerprint density at radius 3 is 2.58 bits per heavy atom. The van der Waals surface area contributed by atoms with E-state index in [0.29, 0.717) is 19.6 Å². The lowest BCUT2D eigenvalue weighted by atomic mass is 10.3. The van der Waals surface area contributed by atoms with E-state index in [-0.39, 0.29) is 0 Å². The molecule has 0 unspecified atom stereocenters. The minimum absolute atomic E-state index is 0.558. The van der Waals surface area contributed by atoms with Gasteiger partial charge in [0.05, 0.1) is 18.3 Å². The second-order valence-electron chi connectivity index (χ2n) is 4.83. The van der Waals surface area contributed by atoms with Gasteiger partial charge in [-0.1, -0.05) is 0 Å². The number of aromatic nitrogens is 2. The van der Waals surface area contributed by atoms with E-state index in [1.54, 1.807) is 6.33 Å². The first-order valence-corrected chi connectivity index (χ1v) is 8.22. The lowest BCUT2D eigenvalue weighted by Gasteiger charge is -2.32. The molecule has 0 spiro atoms. The van der Waals surface area contributed by atoms with Crippen LogP contribution in [0.15, 0.2) is 12.5 Å². The summed E-state index contributed by atoms with van der Waals surface area (Å²) in [5.74, 6) is 0. The highest BCUT2D eigenvalue weighted by Gasteiger charge is 2.23. The van der Waals surface area contributed by atoms with Crippen molar-refractivity contribution < 1.29 is 8.42 Å². The lowest BCUT2D eigenvalue weighted by molar-refractivity contribution is 0.180. The van der Waals surface area contributed by atoms with Crippen LogP contribution < -0.4 is 5.73 Å². The van der Waals surface area contributed by atoms with Crippen LogP contribution in [0, 0.1) is 0 Å². The topological polar surface area (TPSA) is 84.5 Å². The lowest BCUT2D eigenvalue weighted by Crippen LogP contribution is -2.47. The molecule has 1 saturated heterocycles. The highest BCUT2D eigenvalue weighted by Crippen LogP contribution is 2.09. The van der Waals surface area contributed by atoms with Crippen LogP contribution in [0.1, 0.15) is 5.69 Å². The molecule has 0 saturated carbocycles. The molecule has 0 aromatic carbocycles. The Morgan fingerprint density at radius 2 is 2.00 bits per heavy atom. The summed E-state index contributed by atoms with van der Waals surface area (Å²) < 4.78 is 26.3. The van der Waals surface area contributed by atoms with Gasteiger partial charge in [0.1, 0.15) is 0 Å². The molecule has 0 aliphatic carbocycles. The third-order valence-corrected chi connectivity index (χ3v) is 4.56. The van der Waals surface area contributed by atoms with Gasteiger partial charge in [0.25, 0.3) is 0 Å². The van der Waals surface area contributed by atoms with Gasteiger partial charge in [0, 0.05) is 52.0 Å². The first-order valence-electron chi connectivity index (χ1n) is 6.37. The zero-order chi connectivity index (χ0) is 13.9. The van der Waals surface area contributed by atoms with Crippen LogP contribution in [0.3, 0.4) is 0 Å². The van der Waals surface area contributed by atoms with Crippen molar-refractivity contribution in [2.45, 2.75) is 13.1 Å². The van der Waals surface area contributed by atoms with E-state index >= 15 is 0 Å². The molecule has 2 rings (SSSR count). The van der Waals surface area contributed by atoms with Crippen LogP contribution in [0.25, 0.3) is 0 Å². The van der Waals surface area contributed by atoms with Crippen molar-refractivity contribution >= 4 is 10.0 Å². The predicted octanol–water partition coefficient (Wildman–Crippen LogP) is -1.08. The van der Waals surface area contributed by atoms with Crippen LogP contribution >= 0.6 is 0 Å². The molecule has 0 radical (unpaired) electrons. The quantitative estimate of drug-likeness (QED) is 0.744. The van der Waals surface area contributed by atoms with Gasteiger partial charge in [-0.2, -0.15) is 4.31 Å². The standard InChI is InChI=1S/C11H21N5O2S/c1-19(17,18)16-6-4-14(5-7-16)8-11-9-15(3-2-12)10-13-11/h9-10H,2-8,12H2,1H3. The molecule has 2 heterocycles. The zero-order valence-electron chi connectivity index (χ0n) is 11.2. The summed E-state index contributed by atoms with van der Waals surface area (Å²) in [7, 11) is -3.05. The molecule has 7 nitrogen and oxygen atoms in total. The van der Waals surface area contributed by atoms with Crippen molar-refractivity contribution in [2.75, 3.05) is 39.0 Å².